The van der Waals surface area contributed by atoms with Gasteiger partial charge in [0.2, 0.25) is 15.9 Å². The van der Waals surface area contributed by atoms with E-state index in [0.717, 1.165) is 0 Å². The van der Waals surface area contributed by atoms with Crippen LogP contribution in [0, 0.1) is 12.8 Å². The van der Waals surface area contributed by atoms with Crippen LogP contribution in [-0.2, 0) is 28.4 Å². The second kappa shape index (κ2) is 7.95. The first-order valence-electron chi connectivity index (χ1n) is 9.32. The van der Waals surface area contributed by atoms with Gasteiger partial charge in [0.05, 0.1) is 23.5 Å². The molecular formula is C17H25N7O4S. The summed E-state index contributed by atoms with van der Waals surface area (Å²) in [7, 11) is -2.08. The Labute approximate surface area is 168 Å². The van der Waals surface area contributed by atoms with E-state index < -0.39 is 21.8 Å². The third-order valence-corrected chi connectivity index (χ3v) is 7.11. The predicted molar refractivity (Wildman–Crippen MR) is 104 cm³/mol. The van der Waals surface area contributed by atoms with E-state index in [1.54, 1.807) is 14.0 Å². The molecule has 3 N–H and O–H groups in total. The number of carbonyl (C=O) groups is 2. The Bertz CT molecular complexity index is 1040. The van der Waals surface area contributed by atoms with Crippen molar-refractivity contribution in [2.24, 2.45) is 18.7 Å². The number of carbonyl (C=O) groups excluding carboxylic acids is 2. The molecule has 1 atom stereocenters. The van der Waals surface area contributed by atoms with Crippen LogP contribution in [0.25, 0.3) is 0 Å². The van der Waals surface area contributed by atoms with Crippen molar-refractivity contribution in [2.45, 2.75) is 38.1 Å². The number of amides is 2. The lowest BCUT2D eigenvalue weighted by Crippen LogP contribution is -2.43. The molecule has 0 aliphatic carbocycles. The highest BCUT2D eigenvalue weighted by Gasteiger charge is 2.35. The summed E-state index contributed by atoms with van der Waals surface area (Å²) in [4.78, 5) is 24.5. The minimum Gasteiger partial charge on any atom is -0.364 e. The second-order valence-corrected chi connectivity index (χ2v) is 8.93. The summed E-state index contributed by atoms with van der Waals surface area (Å²) in [5, 5.41) is 10.7. The first kappa shape index (κ1) is 21.0. The third kappa shape index (κ3) is 4.03. The fraction of sp³-hybridized carbons (Fsp3) is 0.529. The number of primary amides is 1. The quantitative estimate of drug-likeness (QED) is 0.673. The molecule has 3 heterocycles. The van der Waals surface area contributed by atoms with Gasteiger partial charge in [0, 0.05) is 32.9 Å². The van der Waals surface area contributed by atoms with Crippen LogP contribution in [0.1, 0.15) is 35.9 Å². The molecule has 1 fully saturated rings. The number of nitrogens with two attached hydrogens (primary N) is 1. The minimum atomic E-state index is -3.75. The van der Waals surface area contributed by atoms with E-state index in [4.69, 9.17) is 5.73 Å². The second-order valence-electron chi connectivity index (χ2n) is 7.02. The van der Waals surface area contributed by atoms with Crippen LogP contribution in [0.4, 0.5) is 5.69 Å². The predicted octanol–water partition coefficient (Wildman–Crippen LogP) is 0.0832. The van der Waals surface area contributed by atoms with E-state index in [1.165, 1.54) is 26.1 Å². The number of hydrogen-bond donors (Lipinski definition) is 2. The van der Waals surface area contributed by atoms with Gasteiger partial charge in [-0.15, -0.1) is 0 Å². The van der Waals surface area contributed by atoms with E-state index in [9.17, 15) is 18.0 Å². The molecule has 0 unspecified atom stereocenters. The molecule has 29 heavy (non-hydrogen) atoms. The molecule has 0 bridgehead atoms. The Kier molecular flexibility index (Phi) is 5.75. The molecule has 2 amide bonds. The maximum atomic E-state index is 13.0. The fourth-order valence-electron chi connectivity index (χ4n) is 3.34. The van der Waals surface area contributed by atoms with Crippen LogP contribution in [0.5, 0.6) is 0 Å². The Morgan fingerprint density at radius 3 is 2.69 bits per heavy atom. The van der Waals surface area contributed by atoms with Crippen LogP contribution in [-0.4, -0.2) is 57.2 Å². The number of anilines is 1. The summed E-state index contributed by atoms with van der Waals surface area (Å²) >= 11 is 0. The standard InChI is InChI=1S/C17H25N7O4S/c1-4-23-10-13(15(21-23)16(18)25)20-17(26)12-6-5-7-24(9-12)29(27,28)14-8-19-22(3)11(14)2/h8,10,12H,4-7,9H2,1-3H3,(H2,18,25)(H,20,26)/t12-/m1/s1. The van der Waals surface area contributed by atoms with Gasteiger partial charge < -0.3 is 11.1 Å². The molecular weight excluding hydrogens is 398 g/mol. The number of aryl methyl sites for hydroxylation is 2. The molecule has 0 aromatic carbocycles. The van der Waals surface area contributed by atoms with E-state index in [-0.39, 0.29) is 28.7 Å². The van der Waals surface area contributed by atoms with Crippen molar-refractivity contribution in [1.82, 2.24) is 23.9 Å². The summed E-state index contributed by atoms with van der Waals surface area (Å²) in [5.74, 6) is -1.67. The summed E-state index contributed by atoms with van der Waals surface area (Å²) in [6.45, 7) is 4.42. The van der Waals surface area contributed by atoms with E-state index >= 15 is 0 Å². The zero-order valence-electron chi connectivity index (χ0n) is 16.6. The monoisotopic (exact) mass is 423 g/mol. The Balaban J connectivity index is 1.77. The molecule has 1 aliphatic rings. The molecule has 1 aliphatic heterocycles. The molecule has 2 aromatic rings. The van der Waals surface area contributed by atoms with Gasteiger partial charge in [-0.05, 0) is 26.7 Å². The van der Waals surface area contributed by atoms with E-state index in [0.29, 0.717) is 31.6 Å². The Hall–Kier alpha value is -2.73. The highest BCUT2D eigenvalue weighted by Crippen LogP contribution is 2.26. The summed E-state index contributed by atoms with van der Waals surface area (Å²) < 4.78 is 30.3. The molecule has 1 saturated heterocycles. The van der Waals surface area contributed by atoms with Crippen molar-refractivity contribution in [3.63, 3.8) is 0 Å². The largest absolute Gasteiger partial charge is 0.364 e. The average Bonchev–Trinajstić information content (AvgIpc) is 3.25. The first-order valence-corrected chi connectivity index (χ1v) is 10.8. The molecule has 0 radical (unpaired) electrons. The van der Waals surface area contributed by atoms with Crippen molar-refractivity contribution >= 4 is 27.5 Å². The van der Waals surface area contributed by atoms with E-state index in [2.05, 4.69) is 15.5 Å². The van der Waals surface area contributed by atoms with Crippen molar-refractivity contribution in [3.8, 4) is 0 Å². The lowest BCUT2D eigenvalue weighted by atomic mass is 9.99. The fourth-order valence-corrected chi connectivity index (χ4v) is 5.05. The molecule has 2 aromatic heterocycles. The molecule has 11 nitrogen and oxygen atoms in total. The first-order chi connectivity index (χ1) is 13.6. The zero-order chi connectivity index (χ0) is 21.3. The van der Waals surface area contributed by atoms with Crippen LogP contribution >= 0.6 is 0 Å². The number of nitrogens with zero attached hydrogens (tertiary/aromatic N) is 5. The Morgan fingerprint density at radius 2 is 2.10 bits per heavy atom. The summed E-state index contributed by atoms with van der Waals surface area (Å²) in [6.07, 6.45) is 3.95. The van der Waals surface area contributed by atoms with Crippen molar-refractivity contribution < 1.29 is 18.0 Å². The lowest BCUT2D eigenvalue weighted by molar-refractivity contribution is -0.120. The maximum Gasteiger partial charge on any atom is 0.271 e. The van der Waals surface area contributed by atoms with Gasteiger partial charge in [-0.1, -0.05) is 0 Å². The highest BCUT2D eigenvalue weighted by atomic mass is 32.2. The smallest absolute Gasteiger partial charge is 0.271 e. The molecule has 0 spiro atoms. The third-order valence-electron chi connectivity index (χ3n) is 5.14. The lowest BCUT2D eigenvalue weighted by Gasteiger charge is -2.31. The number of aromatic nitrogens is 4. The highest BCUT2D eigenvalue weighted by molar-refractivity contribution is 7.89. The van der Waals surface area contributed by atoms with Crippen LogP contribution < -0.4 is 11.1 Å². The topological polar surface area (TPSA) is 145 Å². The summed E-state index contributed by atoms with van der Waals surface area (Å²) in [5.41, 5.74) is 6.08. The van der Waals surface area contributed by atoms with Gasteiger partial charge in [0.1, 0.15) is 4.90 Å². The maximum absolute atomic E-state index is 13.0. The van der Waals surface area contributed by atoms with Crippen molar-refractivity contribution in [1.29, 1.82) is 0 Å². The number of rotatable bonds is 6. The summed E-state index contributed by atoms with van der Waals surface area (Å²) in [6, 6.07) is 0. The van der Waals surface area contributed by atoms with Gasteiger partial charge in [-0.25, -0.2) is 8.42 Å². The number of hydrogen-bond acceptors (Lipinski definition) is 6. The average molecular weight is 423 g/mol. The zero-order valence-corrected chi connectivity index (χ0v) is 17.4. The molecule has 0 saturated carbocycles. The SMILES string of the molecule is CCn1cc(NC(=O)[C@@H]2CCCN(S(=O)(=O)c3cnn(C)c3C)C2)c(C(N)=O)n1. The van der Waals surface area contributed by atoms with Crippen molar-refractivity contribution in [3.05, 3.63) is 23.8 Å². The normalized spacial score (nSPS) is 18.0. The van der Waals surface area contributed by atoms with Crippen LogP contribution in [0.2, 0.25) is 0 Å². The minimum absolute atomic E-state index is 0.0218. The number of piperidine rings is 1. The van der Waals surface area contributed by atoms with E-state index in [1.807, 2.05) is 6.92 Å². The Morgan fingerprint density at radius 1 is 1.38 bits per heavy atom. The van der Waals surface area contributed by atoms with Gasteiger partial charge in [-0.3, -0.25) is 19.0 Å². The van der Waals surface area contributed by atoms with Gasteiger partial charge >= 0.3 is 0 Å². The van der Waals surface area contributed by atoms with Crippen LogP contribution in [0.15, 0.2) is 17.3 Å². The van der Waals surface area contributed by atoms with Gasteiger partial charge in [-0.2, -0.15) is 14.5 Å². The molecule has 158 valence electrons. The molecule has 12 heteroatoms. The van der Waals surface area contributed by atoms with Gasteiger partial charge in [0.15, 0.2) is 5.69 Å². The number of sulfonamides is 1. The molecule has 3 rings (SSSR count). The number of nitrogens with one attached hydrogen (secondary N) is 1. The van der Waals surface area contributed by atoms with Crippen molar-refractivity contribution in [2.75, 3.05) is 18.4 Å². The van der Waals surface area contributed by atoms with Crippen LogP contribution in [0.3, 0.4) is 0 Å². The van der Waals surface area contributed by atoms with Gasteiger partial charge in [0.25, 0.3) is 5.91 Å².